The Morgan fingerprint density at radius 2 is 2.05 bits per heavy atom. The van der Waals surface area contributed by atoms with Crippen LogP contribution in [0.1, 0.15) is 25.7 Å². The van der Waals surface area contributed by atoms with E-state index in [9.17, 15) is 0 Å². The van der Waals surface area contributed by atoms with E-state index in [4.69, 9.17) is 9.15 Å². The molecule has 0 N–H and O–H groups in total. The smallest absolute Gasteiger partial charge is 0.251 e. The molecule has 2 aromatic rings. The lowest BCUT2D eigenvalue weighted by molar-refractivity contribution is 0.285. The van der Waals surface area contributed by atoms with Gasteiger partial charge in [0, 0.05) is 0 Å². The first kappa shape index (κ1) is 14.5. The van der Waals surface area contributed by atoms with Gasteiger partial charge in [-0.15, -0.1) is 10.2 Å². The number of para-hydroxylation sites is 1. The molecule has 0 atom stereocenters. The standard InChI is InChI=1S/C15H21N3O2/c1-4-5-10-18(2)11-14-16-17-15(20-14)12-8-6-7-9-13(12)19-3/h6-9H,4-5,10-11H2,1-3H3. The predicted octanol–water partition coefficient (Wildman–Crippen LogP) is 2.98. The van der Waals surface area contributed by atoms with Crippen LogP contribution in [0, 0.1) is 0 Å². The van der Waals surface area contributed by atoms with Crippen LogP contribution in [0.15, 0.2) is 28.7 Å². The summed E-state index contributed by atoms with van der Waals surface area (Å²) < 4.78 is 11.0. The highest BCUT2D eigenvalue weighted by molar-refractivity contribution is 5.62. The fraction of sp³-hybridized carbons (Fsp3) is 0.467. The summed E-state index contributed by atoms with van der Waals surface area (Å²) in [5.74, 6) is 1.87. The van der Waals surface area contributed by atoms with Crippen molar-refractivity contribution >= 4 is 0 Å². The molecule has 0 saturated heterocycles. The van der Waals surface area contributed by atoms with Gasteiger partial charge in [-0.2, -0.15) is 0 Å². The second-order valence-corrected chi connectivity index (χ2v) is 4.79. The van der Waals surface area contributed by atoms with Gasteiger partial charge in [0.1, 0.15) is 5.75 Å². The molecule has 1 aromatic heterocycles. The van der Waals surface area contributed by atoms with Crippen molar-refractivity contribution in [3.63, 3.8) is 0 Å². The summed E-state index contributed by atoms with van der Waals surface area (Å²) in [7, 11) is 3.69. The zero-order valence-corrected chi connectivity index (χ0v) is 12.3. The summed E-state index contributed by atoms with van der Waals surface area (Å²) in [4.78, 5) is 2.18. The van der Waals surface area contributed by atoms with E-state index in [1.165, 1.54) is 12.8 Å². The molecule has 20 heavy (non-hydrogen) atoms. The van der Waals surface area contributed by atoms with Gasteiger partial charge in [-0.3, -0.25) is 4.90 Å². The van der Waals surface area contributed by atoms with E-state index in [1.54, 1.807) is 7.11 Å². The largest absolute Gasteiger partial charge is 0.496 e. The Balaban J connectivity index is 2.08. The number of hydrogen-bond donors (Lipinski definition) is 0. The molecular weight excluding hydrogens is 254 g/mol. The molecule has 5 nitrogen and oxygen atoms in total. The van der Waals surface area contributed by atoms with Crippen LogP contribution in [0.25, 0.3) is 11.5 Å². The minimum atomic E-state index is 0.501. The van der Waals surface area contributed by atoms with Crippen LogP contribution < -0.4 is 4.74 Å². The van der Waals surface area contributed by atoms with Crippen molar-refractivity contribution in [1.29, 1.82) is 0 Å². The highest BCUT2D eigenvalue weighted by Crippen LogP contribution is 2.28. The maximum Gasteiger partial charge on any atom is 0.251 e. The Morgan fingerprint density at radius 3 is 2.80 bits per heavy atom. The SMILES string of the molecule is CCCCN(C)Cc1nnc(-c2ccccc2OC)o1. The lowest BCUT2D eigenvalue weighted by Crippen LogP contribution is -2.19. The maximum absolute atomic E-state index is 5.72. The molecule has 0 unspecified atom stereocenters. The maximum atomic E-state index is 5.72. The molecule has 108 valence electrons. The summed E-state index contributed by atoms with van der Waals surface area (Å²) >= 11 is 0. The van der Waals surface area contributed by atoms with Crippen LogP contribution in [-0.4, -0.2) is 35.8 Å². The van der Waals surface area contributed by atoms with Crippen LogP contribution in [0.3, 0.4) is 0 Å². The van der Waals surface area contributed by atoms with Gasteiger partial charge in [-0.25, -0.2) is 0 Å². The number of nitrogens with zero attached hydrogens (tertiary/aromatic N) is 3. The van der Waals surface area contributed by atoms with Crippen molar-refractivity contribution in [2.75, 3.05) is 20.7 Å². The van der Waals surface area contributed by atoms with E-state index in [0.29, 0.717) is 18.3 Å². The van der Waals surface area contributed by atoms with Crippen molar-refractivity contribution in [2.45, 2.75) is 26.3 Å². The van der Waals surface area contributed by atoms with E-state index in [-0.39, 0.29) is 0 Å². The summed E-state index contributed by atoms with van der Waals surface area (Å²) in [5, 5.41) is 8.21. The van der Waals surface area contributed by atoms with Crippen LogP contribution >= 0.6 is 0 Å². The van der Waals surface area contributed by atoms with Crippen LogP contribution in [-0.2, 0) is 6.54 Å². The third-order valence-electron chi connectivity index (χ3n) is 3.10. The normalized spacial score (nSPS) is 11.0. The summed E-state index contributed by atoms with van der Waals surface area (Å²) in [6, 6.07) is 7.64. The number of aromatic nitrogens is 2. The van der Waals surface area contributed by atoms with Gasteiger partial charge in [0.25, 0.3) is 5.89 Å². The molecule has 0 bridgehead atoms. The van der Waals surface area contributed by atoms with Gasteiger partial charge in [0.2, 0.25) is 5.89 Å². The average Bonchev–Trinajstić information content (AvgIpc) is 2.93. The number of methoxy groups -OCH3 is 1. The molecule has 0 aliphatic carbocycles. The van der Waals surface area contributed by atoms with E-state index < -0.39 is 0 Å². The topological polar surface area (TPSA) is 51.4 Å². The average molecular weight is 275 g/mol. The monoisotopic (exact) mass is 275 g/mol. The van der Waals surface area contributed by atoms with E-state index in [0.717, 1.165) is 17.9 Å². The Labute approximate surface area is 119 Å². The van der Waals surface area contributed by atoms with Crippen LogP contribution in [0.4, 0.5) is 0 Å². The lowest BCUT2D eigenvalue weighted by atomic mass is 10.2. The van der Waals surface area contributed by atoms with Gasteiger partial charge in [0.15, 0.2) is 0 Å². The van der Waals surface area contributed by atoms with Gasteiger partial charge in [-0.1, -0.05) is 25.5 Å². The molecule has 0 fully saturated rings. The number of rotatable bonds is 7. The molecule has 5 heteroatoms. The quantitative estimate of drug-likeness (QED) is 0.777. The Kier molecular flexibility index (Phi) is 5.12. The Morgan fingerprint density at radius 1 is 1.25 bits per heavy atom. The second-order valence-electron chi connectivity index (χ2n) is 4.79. The Bertz CT molecular complexity index is 539. The van der Waals surface area contributed by atoms with Crippen molar-refractivity contribution in [3.8, 4) is 17.2 Å². The molecule has 1 heterocycles. The molecule has 1 aromatic carbocycles. The number of ether oxygens (including phenoxy) is 1. The lowest BCUT2D eigenvalue weighted by Gasteiger charge is -2.12. The molecule has 0 saturated carbocycles. The summed E-state index contributed by atoms with van der Waals surface area (Å²) in [6.45, 7) is 3.88. The zero-order chi connectivity index (χ0) is 14.4. The van der Waals surface area contributed by atoms with Crippen molar-refractivity contribution in [2.24, 2.45) is 0 Å². The predicted molar refractivity (Wildman–Crippen MR) is 77.5 cm³/mol. The van der Waals surface area contributed by atoms with Gasteiger partial charge < -0.3 is 9.15 Å². The molecule has 2 rings (SSSR count). The molecular formula is C15H21N3O2. The van der Waals surface area contributed by atoms with Crippen LogP contribution in [0.5, 0.6) is 5.75 Å². The van der Waals surface area contributed by atoms with Crippen molar-refractivity contribution in [1.82, 2.24) is 15.1 Å². The minimum Gasteiger partial charge on any atom is -0.496 e. The van der Waals surface area contributed by atoms with E-state index in [2.05, 4.69) is 29.1 Å². The van der Waals surface area contributed by atoms with Crippen molar-refractivity contribution < 1.29 is 9.15 Å². The summed E-state index contributed by atoms with van der Waals surface area (Å²) in [5.41, 5.74) is 0.824. The fourth-order valence-electron chi connectivity index (χ4n) is 1.99. The fourth-order valence-corrected chi connectivity index (χ4v) is 1.99. The second kappa shape index (κ2) is 7.05. The number of hydrogen-bond acceptors (Lipinski definition) is 5. The molecule has 0 aliphatic rings. The highest BCUT2D eigenvalue weighted by Gasteiger charge is 2.13. The van der Waals surface area contributed by atoms with E-state index in [1.807, 2.05) is 24.3 Å². The van der Waals surface area contributed by atoms with Gasteiger partial charge in [-0.05, 0) is 32.1 Å². The first-order valence-corrected chi connectivity index (χ1v) is 6.89. The van der Waals surface area contributed by atoms with Crippen LogP contribution in [0.2, 0.25) is 0 Å². The third kappa shape index (κ3) is 3.57. The number of unbranched alkanes of at least 4 members (excludes halogenated alkanes) is 1. The molecule has 0 spiro atoms. The third-order valence-corrected chi connectivity index (χ3v) is 3.10. The zero-order valence-electron chi connectivity index (χ0n) is 12.3. The van der Waals surface area contributed by atoms with Crippen molar-refractivity contribution in [3.05, 3.63) is 30.2 Å². The van der Waals surface area contributed by atoms with E-state index >= 15 is 0 Å². The van der Waals surface area contributed by atoms with Gasteiger partial charge in [0.05, 0.1) is 19.2 Å². The molecule has 0 radical (unpaired) electrons. The Hall–Kier alpha value is -1.88. The van der Waals surface area contributed by atoms with Gasteiger partial charge >= 0.3 is 0 Å². The highest BCUT2D eigenvalue weighted by atomic mass is 16.5. The first-order valence-electron chi connectivity index (χ1n) is 6.89. The minimum absolute atomic E-state index is 0.501. The number of benzene rings is 1. The molecule has 0 aliphatic heterocycles. The first-order chi connectivity index (χ1) is 9.74. The molecule has 0 amide bonds. The summed E-state index contributed by atoms with van der Waals surface area (Å²) in [6.07, 6.45) is 2.35.